The minimum atomic E-state index is -0.295. The van der Waals surface area contributed by atoms with Gasteiger partial charge in [0.25, 0.3) is 0 Å². The molecule has 0 atom stereocenters. The van der Waals surface area contributed by atoms with Gasteiger partial charge in [-0.15, -0.1) is 0 Å². The van der Waals surface area contributed by atoms with Crippen molar-refractivity contribution in [3.63, 3.8) is 0 Å². The predicted octanol–water partition coefficient (Wildman–Crippen LogP) is 1.97. The van der Waals surface area contributed by atoms with Crippen molar-refractivity contribution in [1.82, 2.24) is 4.90 Å². The summed E-state index contributed by atoms with van der Waals surface area (Å²) in [4.78, 5) is 24.7. The summed E-state index contributed by atoms with van der Waals surface area (Å²) < 4.78 is 15.6. The highest BCUT2D eigenvalue weighted by Crippen LogP contribution is 2.24. The van der Waals surface area contributed by atoms with E-state index in [0.29, 0.717) is 11.3 Å². The van der Waals surface area contributed by atoms with Crippen molar-refractivity contribution in [2.75, 3.05) is 26.3 Å². The van der Waals surface area contributed by atoms with Gasteiger partial charge in [0.1, 0.15) is 25.6 Å². The highest BCUT2D eigenvalue weighted by Gasteiger charge is 2.21. The Kier molecular flexibility index (Phi) is 3.94. The molecule has 6 nitrogen and oxygen atoms in total. The molecule has 112 valence electrons. The zero-order valence-electron chi connectivity index (χ0n) is 11.7. The van der Waals surface area contributed by atoms with Gasteiger partial charge in [0.15, 0.2) is 0 Å². The SMILES string of the molecule is O=C1OCc2cc(OCCOC(=O)N3CCCC3)ccc21. The van der Waals surface area contributed by atoms with Crippen molar-refractivity contribution in [1.29, 1.82) is 0 Å². The number of fused-ring (bicyclic) bond motifs is 1. The molecule has 0 radical (unpaired) electrons. The number of nitrogens with zero attached hydrogens (tertiary/aromatic N) is 1. The molecule has 0 N–H and O–H groups in total. The number of likely N-dealkylation sites (tertiary alicyclic amines) is 1. The van der Waals surface area contributed by atoms with Crippen LogP contribution in [0.2, 0.25) is 0 Å². The molecule has 1 saturated heterocycles. The molecule has 0 aromatic heterocycles. The van der Waals surface area contributed by atoms with Gasteiger partial charge in [-0.05, 0) is 31.0 Å². The maximum atomic E-state index is 11.6. The van der Waals surface area contributed by atoms with Crippen molar-refractivity contribution in [3.8, 4) is 5.75 Å². The Morgan fingerprint density at radius 2 is 2.05 bits per heavy atom. The van der Waals surface area contributed by atoms with Gasteiger partial charge in [-0.2, -0.15) is 0 Å². The molecule has 2 aliphatic heterocycles. The average molecular weight is 291 g/mol. The lowest BCUT2D eigenvalue weighted by atomic mass is 10.1. The van der Waals surface area contributed by atoms with Crippen LogP contribution in [0.15, 0.2) is 18.2 Å². The van der Waals surface area contributed by atoms with E-state index in [4.69, 9.17) is 14.2 Å². The first-order valence-electron chi connectivity index (χ1n) is 7.08. The highest BCUT2D eigenvalue weighted by molar-refractivity contribution is 5.93. The first-order chi connectivity index (χ1) is 10.2. The zero-order chi connectivity index (χ0) is 14.7. The lowest BCUT2D eigenvalue weighted by Crippen LogP contribution is -2.29. The normalized spacial score (nSPS) is 16.6. The number of rotatable bonds is 4. The Morgan fingerprint density at radius 1 is 1.24 bits per heavy atom. The number of carbonyl (C=O) groups excluding carboxylic acids is 2. The van der Waals surface area contributed by atoms with Gasteiger partial charge in [-0.1, -0.05) is 0 Å². The summed E-state index contributed by atoms with van der Waals surface area (Å²) in [7, 11) is 0. The Morgan fingerprint density at radius 3 is 2.86 bits per heavy atom. The quantitative estimate of drug-likeness (QED) is 0.627. The van der Waals surface area contributed by atoms with E-state index < -0.39 is 0 Å². The minimum Gasteiger partial charge on any atom is -0.490 e. The second-order valence-corrected chi connectivity index (χ2v) is 5.05. The number of hydrogen-bond acceptors (Lipinski definition) is 5. The number of carbonyl (C=O) groups is 2. The lowest BCUT2D eigenvalue weighted by Gasteiger charge is -2.15. The van der Waals surface area contributed by atoms with Crippen LogP contribution >= 0.6 is 0 Å². The number of cyclic esters (lactones) is 1. The van der Waals surface area contributed by atoms with Gasteiger partial charge < -0.3 is 19.1 Å². The summed E-state index contributed by atoms with van der Waals surface area (Å²) >= 11 is 0. The van der Waals surface area contributed by atoms with Gasteiger partial charge in [0, 0.05) is 18.7 Å². The molecule has 0 bridgehead atoms. The lowest BCUT2D eigenvalue weighted by molar-refractivity contribution is 0.0535. The number of esters is 1. The summed E-state index contributed by atoms with van der Waals surface area (Å²) in [5, 5.41) is 0. The fourth-order valence-corrected chi connectivity index (χ4v) is 2.48. The van der Waals surface area contributed by atoms with Crippen molar-refractivity contribution < 1.29 is 23.8 Å². The molecule has 0 unspecified atom stereocenters. The number of hydrogen-bond donors (Lipinski definition) is 0. The molecule has 2 heterocycles. The van der Waals surface area contributed by atoms with Gasteiger partial charge in [0.2, 0.25) is 0 Å². The fourth-order valence-electron chi connectivity index (χ4n) is 2.48. The van der Waals surface area contributed by atoms with Crippen LogP contribution in [-0.4, -0.2) is 43.3 Å². The zero-order valence-corrected chi connectivity index (χ0v) is 11.7. The van der Waals surface area contributed by atoms with Crippen LogP contribution in [-0.2, 0) is 16.1 Å². The van der Waals surface area contributed by atoms with E-state index in [1.807, 2.05) is 0 Å². The molecule has 2 aliphatic rings. The second-order valence-electron chi connectivity index (χ2n) is 5.05. The largest absolute Gasteiger partial charge is 0.490 e. The first-order valence-corrected chi connectivity index (χ1v) is 7.08. The molecule has 0 spiro atoms. The summed E-state index contributed by atoms with van der Waals surface area (Å²) in [6, 6.07) is 5.19. The van der Waals surface area contributed by atoms with Gasteiger partial charge >= 0.3 is 12.1 Å². The van der Waals surface area contributed by atoms with Gasteiger partial charge in [0.05, 0.1) is 5.56 Å². The summed E-state index contributed by atoms with van der Waals surface area (Å²) in [5.74, 6) is 0.348. The Bertz CT molecular complexity index is 551. The molecule has 1 fully saturated rings. The molecule has 6 heteroatoms. The van der Waals surface area contributed by atoms with E-state index in [0.717, 1.165) is 31.5 Å². The first kappa shape index (κ1) is 13.7. The van der Waals surface area contributed by atoms with Crippen molar-refractivity contribution in [2.45, 2.75) is 19.4 Å². The van der Waals surface area contributed by atoms with E-state index in [-0.39, 0.29) is 31.9 Å². The maximum absolute atomic E-state index is 11.6. The monoisotopic (exact) mass is 291 g/mol. The van der Waals surface area contributed by atoms with E-state index >= 15 is 0 Å². The van der Waals surface area contributed by atoms with Crippen molar-refractivity contribution in [3.05, 3.63) is 29.3 Å². The van der Waals surface area contributed by atoms with E-state index in [1.165, 1.54) is 0 Å². The average Bonchev–Trinajstić information content (AvgIpc) is 3.14. The van der Waals surface area contributed by atoms with Crippen LogP contribution in [0.3, 0.4) is 0 Å². The van der Waals surface area contributed by atoms with Crippen molar-refractivity contribution in [2.24, 2.45) is 0 Å². The van der Waals surface area contributed by atoms with Crippen LogP contribution in [0, 0.1) is 0 Å². The minimum absolute atomic E-state index is 0.210. The van der Waals surface area contributed by atoms with Crippen LogP contribution in [0.25, 0.3) is 0 Å². The smallest absolute Gasteiger partial charge is 0.409 e. The van der Waals surface area contributed by atoms with Crippen LogP contribution in [0.5, 0.6) is 5.75 Å². The molecule has 3 rings (SSSR count). The Hall–Kier alpha value is -2.24. The third-order valence-corrected chi connectivity index (χ3v) is 3.60. The third-order valence-electron chi connectivity index (χ3n) is 3.60. The third kappa shape index (κ3) is 3.09. The molecule has 0 aliphatic carbocycles. The summed E-state index contributed by atoms with van der Waals surface area (Å²) in [6.07, 6.45) is 1.81. The van der Waals surface area contributed by atoms with Gasteiger partial charge in [-0.3, -0.25) is 0 Å². The fraction of sp³-hybridized carbons (Fsp3) is 0.467. The molecule has 1 aromatic carbocycles. The maximum Gasteiger partial charge on any atom is 0.409 e. The van der Waals surface area contributed by atoms with Crippen LogP contribution < -0.4 is 4.74 Å². The number of amides is 1. The van der Waals surface area contributed by atoms with E-state index in [2.05, 4.69) is 0 Å². The van der Waals surface area contributed by atoms with Crippen LogP contribution in [0.4, 0.5) is 4.79 Å². The predicted molar refractivity (Wildman–Crippen MR) is 73.2 cm³/mol. The molecule has 1 aromatic rings. The number of ether oxygens (including phenoxy) is 3. The molecular weight excluding hydrogens is 274 g/mol. The molecular formula is C15H17NO5. The Labute approximate surface area is 122 Å². The summed E-state index contributed by atoms with van der Waals surface area (Å²) in [5.41, 5.74) is 1.41. The van der Waals surface area contributed by atoms with E-state index in [9.17, 15) is 9.59 Å². The van der Waals surface area contributed by atoms with E-state index in [1.54, 1.807) is 23.1 Å². The highest BCUT2D eigenvalue weighted by atomic mass is 16.6. The molecule has 1 amide bonds. The van der Waals surface area contributed by atoms with Gasteiger partial charge in [-0.25, -0.2) is 9.59 Å². The molecule has 0 saturated carbocycles. The Balaban J connectivity index is 1.43. The molecule has 21 heavy (non-hydrogen) atoms. The van der Waals surface area contributed by atoms with Crippen molar-refractivity contribution >= 4 is 12.1 Å². The summed E-state index contributed by atoms with van der Waals surface area (Å²) in [6.45, 7) is 2.33. The second kappa shape index (κ2) is 6.03. The number of benzene rings is 1. The van der Waals surface area contributed by atoms with Crippen LogP contribution in [0.1, 0.15) is 28.8 Å². The standard InChI is InChI=1S/C15H17NO5/c17-14-13-4-3-12(9-11(13)10-21-14)19-7-8-20-15(18)16-5-1-2-6-16/h3-4,9H,1-2,5-8,10H2. The topological polar surface area (TPSA) is 65.1 Å².